The van der Waals surface area contributed by atoms with Gasteiger partial charge in [0.15, 0.2) is 5.69 Å². The van der Waals surface area contributed by atoms with Crippen molar-refractivity contribution in [1.82, 2.24) is 4.98 Å². The van der Waals surface area contributed by atoms with Gasteiger partial charge >= 0.3 is 5.95 Å². The van der Waals surface area contributed by atoms with Crippen LogP contribution in [-0.4, -0.2) is 21.2 Å². The number of aryl methyl sites for hydroxylation is 1. The summed E-state index contributed by atoms with van der Waals surface area (Å²) in [4.78, 5) is 18.7. The first-order valence-electron chi connectivity index (χ1n) is 7.85. The fourth-order valence-corrected chi connectivity index (χ4v) is 2.38. The monoisotopic (exact) mass is 383 g/mol. The lowest BCUT2D eigenvalue weighted by atomic mass is 10.2. The third-order valence-electron chi connectivity index (χ3n) is 3.64. The van der Waals surface area contributed by atoms with Crippen molar-refractivity contribution >= 4 is 41.3 Å². The van der Waals surface area contributed by atoms with E-state index in [1.54, 1.807) is 30.3 Å². The molecule has 3 rings (SSSR count). The zero-order chi connectivity index (χ0) is 19.4. The molecule has 0 radical (unpaired) electrons. The van der Waals surface area contributed by atoms with Gasteiger partial charge in [0.05, 0.1) is 16.8 Å². The van der Waals surface area contributed by atoms with Crippen LogP contribution in [0.4, 0.5) is 11.4 Å². The summed E-state index contributed by atoms with van der Waals surface area (Å²) in [6, 6.07) is 11.4. The van der Waals surface area contributed by atoms with Crippen LogP contribution in [0.5, 0.6) is 5.95 Å². The van der Waals surface area contributed by atoms with E-state index in [1.165, 1.54) is 24.4 Å². The van der Waals surface area contributed by atoms with Crippen LogP contribution in [0.15, 0.2) is 51.9 Å². The highest BCUT2D eigenvalue weighted by atomic mass is 35.5. The number of halogens is 1. The number of hydrogen-bond acceptors (Lipinski definition) is 6. The first kappa shape index (κ1) is 18.3. The summed E-state index contributed by atoms with van der Waals surface area (Å²) in [5.41, 5.74) is 2.30. The van der Waals surface area contributed by atoms with Gasteiger partial charge in [-0.2, -0.15) is 0 Å². The Bertz CT molecular complexity index is 1060. The number of rotatable bonds is 5. The Morgan fingerprint density at radius 3 is 2.81 bits per heavy atom. The summed E-state index contributed by atoms with van der Waals surface area (Å²) >= 11 is 6.05. The van der Waals surface area contributed by atoms with Crippen LogP contribution in [0.3, 0.4) is 0 Å². The van der Waals surface area contributed by atoms with Crippen LogP contribution >= 0.6 is 11.6 Å². The molecule has 1 N–H and O–H groups in total. The van der Waals surface area contributed by atoms with Gasteiger partial charge in [0.25, 0.3) is 5.69 Å². The molecule has 27 heavy (non-hydrogen) atoms. The first-order chi connectivity index (χ1) is 12.9. The molecule has 0 aliphatic carbocycles. The zero-order valence-electron chi connectivity index (χ0n) is 14.2. The van der Waals surface area contributed by atoms with Crippen molar-refractivity contribution in [3.63, 3.8) is 0 Å². The van der Waals surface area contributed by atoms with Gasteiger partial charge in [-0.15, -0.1) is 0 Å². The lowest BCUT2D eigenvalue weighted by molar-refractivity contribution is -0.384. The summed E-state index contributed by atoms with van der Waals surface area (Å²) < 4.78 is 5.15. The summed E-state index contributed by atoms with van der Waals surface area (Å²) in [5, 5.41) is 21.2. The van der Waals surface area contributed by atoms with Crippen molar-refractivity contribution in [2.24, 2.45) is 4.99 Å². The number of nitrogens with zero attached hydrogens (tertiary/aromatic N) is 3. The van der Waals surface area contributed by atoms with Gasteiger partial charge in [0, 0.05) is 23.2 Å². The molecule has 7 nitrogen and oxygen atoms in total. The number of non-ortho nitro benzene ring substituents is 1. The Kier molecular flexibility index (Phi) is 5.33. The molecule has 0 saturated heterocycles. The van der Waals surface area contributed by atoms with E-state index in [2.05, 4.69) is 9.98 Å². The number of nitro groups is 1. The van der Waals surface area contributed by atoms with Crippen molar-refractivity contribution in [3.8, 4) is 5.95 Å². The molecule has 0 spiro atoms. The molecule has 0 aliphatic heterocycles. The van der Waals surface area contributed by atoms with E-state index in [-0.39, 0.29) is 23.2 Å². The molecule has 0 amide bonds. The molecular formula is C19H14ClN3O4. The number of oxazole rings is 1. The highest BCUT2D eigenvalue weighted by Gasteiger charge is 2.09. The molecule has 1 heterocycles. The molecule has 0 fully saturated rings. The van der Waals surface area contributed by atoms with Crippen LogP contribution in [0.25, 0.3) is 12.2 Å². The fraction of sp³-hybridized carbons (Fsp3) is 0.0526. The van der Waals surface area contributed by atoms with Crippen LogP contribution in [0.2, 0.25) is 5.02 Å². The fourth-order valence-electron chi connectivity index (χ4n) is 2.20. The average molecular weight is 384 g/mol. The van der Waals surface area contributed by atoms with Crippen molar-refractivity contribution < 1.29 is 14.4 Å². The van der Waals surface area contributed by atoms with Crippen molar-refractivity contribution in [3.05, 3.63) is 80.3 Å². The molecule has 2 aromatic carbocycles. The summed E-state index contributed by atoms with van der Waals surface area (Å²) in [7, 11) is 0. The molecule has 0 bridgehead atoms. The molecule has 0 aliphatic rings. The molecule has 8 heteroatoms. The number of benzene rings is 2. The quantitative estimate of drug-likeness (QED) is 0.372. The Hall–Kier alpha value is -3.45. The van der Waals surface area contributed by atoms with Gasteiger partial charge in [-0.25, -0.2) is 4.98 Å². The normalized spacial score (nSPS) is 11.5. The summed E-state index contributed by atoms with van der Waals surface area (Å²) in [5.74, 6) is -0.238. The topological polar surface area (TPSA) is 102 Å². The minimum absolute atomic E-state index is 0.0167. The number of hydrogen-bond donors (Lipinski definition) is 1. The molecular weight excluding hydrogens is 370 g/mol. The van der Waals surface area contributed by atoms with Gasteiger partial charge in [0.2, 0.25) is 5.89 Å². The molecule has 136 valence electrons. The van der Waals surface area contributed by atoms with Crippen molar-refractivity contribution in [2.45, 2.75) is 6.92 Å². The number of aliphatic imine (C=N–C) groups is 1. The SMILES string of the molecule is Cc1ccc(N=Cc2nc(C=Cc3cccc([N+](=O)[O-])c3)oc2O)cc1Cl. The van der Waals surface area contributed by atoms with E-state index in [0.717, 1.165) is 5.56 Å². The number of nitro benzene ring substituents is 1. The van der Waals surface area contributed by atoms with Gasteiger partial charge < -0.3 is 9.52 Å². The molecule has 0 saturated carbocycles. The summed E-state index contributed by atoms with van der Waals surface area (Å²) in [6.07, 6.45) is 4.46. The molecule has 0 atom stereocenters. The summed E-state index contributed by atoms with van der Waals surface area (Å²) in [6.45, 7) is 1.89. The second-order valence-electron chi connectivity index (χ2n) is 5.62. The Morgan fingerprint density at radius 2 is 2.07 bits per heavy atom. The molecule has 0 unspecified atom stereocenters. The van der Waals surface area contributed by atoms with E-state index < -0.39 is 4.92 Å². The predicted molar refractivity (Wildman–Crippen MR) is 104 cm³/mol. The smallest absolute Gasteiger partial charge is 0.312 e. The maximum Gasteiger partial charge on any atom is 0.312 e. The third kappa shape index (κ3) is 4.59. The second-order valence-corrected chi connectivity index (χ2v) is 6.03. The van der Waals surface area contributed by atoms with Crippen LogP contribution in [0, 0.1) is 17.0 Å². The van der Waals surface area contributed by atoms with Crippen LogP contribution in [0.1, 0.15) is 22.7 Å². The minimum atomic E-state index is -0.472. The average Bonchev–Trinajstić information content (AvgIpc) is 3.01. The highest BCUT2D eigenvalue weighted by Crippen LogP contribution is 2.24. The van der Waals surface area contributed by atoms with Gasteiger partial charge in [-0.05, 0) is 36.3 Å². The minimum Gasteiger partial charge on any atom is -0.479 e. The van der Waals surface area contributed by atoms with Crippen LogP contribution in [-0.2, 0) is 0 Å². The Morgan fingerprint density at radius 1 is 1.26 bits per heavy atom. The number of aromatic nitrogens is 1. The maximum absolute atomic E-state index is 10.8. The highest BCUT2D eigenvalue weighted by molar-refractivity contribution is 6.31. The zero-order valence-corrected chi connectivity index (χ0v) is 14.9. The molecule has 1 aromatic heterocycles. The van der Waals surface area contributed by atoms with E-state index in [9.17, 15) is 15.2 Å². The van der Waals surface area contributed by atoms with E-state index in [4.69, 9.17) is 16.0 Å². The van der Waals surface area contributed by atoms with Gasteiger partial charge in [0.1, 0.15) is 0 Å². The lowest BCUT2D eigenvalue weighted by Crippen LogP contribution is -1.87. The second kappa shape index (κ2) is 7.84. The van der Waals surface area contributed by atoms with E-state index in [0.29, 0.717) is 16.3 Å². The number of aromatic hydroxyl groups is 1. The third-order valence-corrected chi connectivity index (χ3v) is 4.05. The lowest BCUT2D eigenvalue weighted by Gasteiger charge is -1.97. The van der Waals surface area contributed by atoms with Crippen molar-refractivity contribution in [2.75, 3.05) is 0 Å². The Labute approximate surface area is 159 Å². The van der Waals surface area contributed by atoms with Crippen molar-refractivity contribution in [1.29, 1.82) is 0 Å². The van der Waals surface area contributed by atoms with Gasteiger partial charge in [-0.3, -0.25) is 15.1 Å². The van der Waals surface area contributed by atoms with Gasteiger partial charge in [-0.1, -0.05) is 29.8 Å². The molecule has 3 aromatic rings. The maximum atomic E-state index is 10.8. The first-order valence-corrected chi connectivity index (χ1v) is 8.23. The van der Waals surface area contributed by atoms with E-state index >= 15 is 0 Å². The predicted octanol–water partition coefficient (Wildman–Crippen LogP) is 5.17. The standard InChI is InChI=1S/C19H14ClN3O4/c1-12-5-7-14(10-16(12)20)21-11-17-19(24)27-18(22-17)8-6-13-3-2-4-15(9-13)23(25)26/h2-11,24H,1H3. The largest absolute Gasteiger partial charge is 0.479 e. The van der Waals surface area contributed by atoms with E-state index in [1.807, 2.05) is 13.0 Å². The van der Waals surface area contributed by atoms with Crippen LogP contribution < -0.4 is 0 Å². The Balaban J connectivity index is 1.78.